The molecule has 0 aliphatic heterocycles. The number of allylic oxidation sites excluding steroid dienone is 2. The number of carbonyl (C=O) groups is 2. The van der Waals surface area contributed by atoms with E-state index in [4.69, 9.17) is 11.6 Å². The highest BCUT2D eigenvalue weighted by molar-refractivity contribution is 6.30. The van der Waals surface area contributed by atoms with Crippen molar-refractivity contribution in [1.82, 2.24) is 0 Å². The maximum atomic E-state index is 11.5. The van der Waals surface area contributed by atoms with Crippen molar-refractivity contribution in [2.24, 2.45) is 11.3 Å². The molecule has 2 atom stereocenters. The van der Waals surface area contributed by atoms with Crippen LogP contribution in [-0.2, 0) is 16.0 Å². The van der Waals surface area contributed by atoms with Gasteiger partial charge >= 0.3 is 11.9 Å². The molecule has 1 aromatic carbocycles. The summed E-state index contributed by atoms with van der Waals surface area (Å²) in [7, 11) is 0. The van der Waals surface area contributed by atoms with Crippen molar-refractivity contribution in [1.29, 1.82) is 0 Å². The zero-order chi connectivity index (χ0) is 17.2. The lowest BCUT2D eigenvalue weighted by atomic mass is 9.67. The number of hydrogen-bond donors (Lipinski definition) is 3. The van der Waals surface area contributed by atoms with Crippen LogP contribution in [-0.4, -0.2) is 33.9 Å². The second kappa shape index (κ2) is 6.56. The molecule has 0 bridgehead atoms. The molecule has 6 heteroatoms. The van der Waals surface area contributed by atoms with Crippen LogP contribution in [0.5, 0.6) is 0 Å². The Morgan fingerprint density at radius 1 is 1.22 bits per heavy atom. The van der Waals surface area contributed by atoms with Gasteiger partial charge in [-0.25, -0.2) is 4.79 Å². The summed E-state index contributed by atoms with van der Waals surface area (Å²) in [6.07, 6.45) is 3.35. The van der Waals surface area contributed by atoms with Crippen LogP contribution in [0.2, 0.25) is 5.02 Å². The Hall–Kier alpha value is -2.11. The third-order valence-electron chi connectivity index (χ3n) is 4.16. The quantitative estimate of drug-likeness (QED) is 0.768. The molecule has 2 unspecified atom stereocenters. The largest absolute Gasteiger partial charge is 0.481 e. The standard InChI is InChI=1S/C17H17ClO5/c1-17(9-19)13(15(20)21)7-11(8-14(17)16(22)23)6-10-2-4-12(18)5-3-10/h2-5,7-8,13,19H,6,9H2,1H3,(H,20,21)(H,22,23). The minimum Gasteiger partial charge on any atom is -0.481 e. The van der Waals surface area contributed by atoms with Gasteiger partial charge in [0.05, 0.1) is 12.5 Å². The average molecular weight is 337 g/mol. The van der Waals surface area contributed by atoms with Crippen LogP contribution in [0, 0.1) is 11.3 Å². The van der Waals surface area contributed by atoms with Crippen molar-refractivity contribution >= 4 is 23.5 Å². The highest BCUT2D eigenvalue weighted by Crippen LogP contribution is 2.41. The Labute approximate surface area is 138 Å². The highest BCUT2D eigenvalue weighted by Gasteiger charge is 2.45. The fourth-order valence-electron chi connectivity index (χ4n) is 2.75. The molecular weight excluding hydrogens is 320 g/mol. The SMILES string of the molecule is CC1(CO)C(C(=O)O)=CC(Cc2ccc(Cl)cc2)=CC1C(=O)O. The Kier molecular flexibility index (Phi) is 4.92. The van der Waals surface area contributed by atoms with Crippen LogP contribution in [0.1, 0.15) is 12.5 Å². The van der Waals surface area contributed by atoms with Crippen molar-refractivity contribution in [3.8, 4) is 0 Å². The van der Waals surface area contributed by atoms with Gasteiger partial charge in [0.1, 0.15) is 0 Å². The van der Waals surface area contributed by atoms with E-state index in [2.05, 4.69) is 0 Å². The Balaban J connectivity index is 2.43. The van der Waals surface area contributed by atoms with Crippen LogP contribution in [0.4, 0.5) is 0 Å². The summed E-state index contributed by atoms with van der Waals surface area (Å²) >= 11 is 5.83. The topological polar surface area (TPSA) is 94.8 Å². The number of rotatable bonds is 5. The van der Waals surface area contributed by atoms with Gasteiger partial charge in [-0.2, -0.15) is 0 Å². The molecule has 0 saturated heterocycles. The van der Waals surface area contributed by atoms with E-state index >= 15 is 0 Å². The van der Waals surface area contributed by atoms with Crippen molar-refractivity contribution in [2.45, 2.75) is 13.3 Å². The van der Waals surface area contributed by atoms with E-state index in [1.165, 1.54) is 19.1 Å². The van der Waals surface area contributed by atoms with Crippen molar-refractivity contribution in [3.05, 3.63) is 58.1 Å². The number of aliphatic hydroxyl groups excluding tert-OH is 1. The van der Waals surface area contributed by atoms with Crippen LogP contribution in [0.3, 0.4) is 0 Å². The summed E-state index contributed by atoms with van der Waals surface area (Å²) in [6.45, 7) is 0.883. The maximum absolute atomic E-state index is 11.5. The highest BCUT2D eigenvalue weighted by atomic mass is 35.5. The zero-order valence-electron chi connectivity index (χ0n) is 12.5. The fourth-order valence-corrected chi connectivity index (χ4v) is 2.87. The summed E-state index contributed by atoms with van der Waals surface area (Å²) in [5.41, 5.74) is 0.0153. The van der Waals surface area contributed by atoms with Gasteiger partial charge in [-0.05, 0) is 35.8 Å². The van der Waals surface area contributed by atoms with Gasteiger partial charge in [0.2, 0.25) is 0 Å². The molecule has 0 radical (unpaired) electrons. The second-order valence-corrected chi connectivity index (χ2v) is 6.24. The number of halogens is 1. The van der Waals surface area contributed by atoms with Crippen LogP contribution >= 0.6 is 11.6 Å². The maximum Gasteiger partial charge on any atom is 0.332 e. The molecule has 3 N–H and O–H groups in total. The Morgan fingerprint density at radius 3 is 2.30 bits per heavy atom. The lowest BCUT2D eigenvalue weighted by Crippen LogP contribution is -2.41. The lowest BCUT2D eigenvalue weighted by Gasteiger charge is -2.36. The van der Waals surface area contributed by atoms with Gasteiger partial charge in [-0.1, -0.05) is 36.7 Å². The molecule has 0 spiro atoms. The van der Waals surface area contributed by atoms with Gasteiger partial charge in [-0.15, -0.1) is 0 Å². The molecule has 0 saturated carbocycles. The molecule has 1 aromatic rings. The molecular formula is C17H17ClO5. The van der Waals surface area contributed by atoms with Crippen molar-refractivity contribution < 1.29 is 24.9 Å². The number of carboxylic acid groups (broad SMARTS) is 2. The summed E-state index contributed by atoms with van der Waals surface area (Å²) < 4.78 is 0. The van der Waals surface area contributed by atoms with E-state index in [1.54, 1.807) is 24.3 Å². The number of aliphatic hydroxyl groups is 1. The Morgan fingerprint density at radius 2 is 1.83 bits per heavy atom. The molecule has 122 valence electrons. The van der Waals surface area contributed by atoms with Gasteiger partial charge in [-0.3, -0.25) is 4.79 Å². The third-order valence-corrected chi connectivity index (χ3v) is 4.41. The van der Waals surface area contributed by atoms with E-state index in [9.17, 15) is 24.9 Å². The van der Waals surface area contributed by atoms with E-state index in [1.807, 2.05) is 0 Å². The first-order chi connectivity index (χ1) is 10.8. The van der Waals surface area contributed by atoms with Crippen LogP contribution < -0.4 is 0 Å². The van der Waals surface area contributed by atoms with Crippen molar-refractivity contribution in [3.63, 3.8) is 0 Å². The monoisotopic (exact) mass is 336 g/mol. The second-order valence-electron chi connectivity index (χ2n) is 5.80. The zero-order valence-corrected chi connectivity index (χ0v) is 13.2. The van der Waals surface area contributed by atoms with Gasteiger partial charge in [0, 0.05) is 16.0 Å². The summed E-state index contributed by atoms with van der Waals surface area (Å²) in [5.74, 6) is -3.50. The first-order valence-electron chi connectivity index (χ1n) is 7.02. The smallest absolute Gasteiger partial charge is 0.332 e. The predicted octanol–water partition coefficient (Wildman–Crippen LogP) is 2.53. The molecule has 0 heterocycles. The van der Waals surface area contributed by atoms with E-state index in [0.717, 1.165) is 5.56 Å². The molecule has 1 aliphatic rings. The minimum absolute atomic E-state index is 0.0983. The fraction of sp³-hybridized carbons (Fsp3) is 0.294. The number of aliphatic carboxylic acids is 2. The first kappa shape index (κ1) is 17.2. The van der Waals surface area contributed by atoms with E-state index < -0.39 is 29.9 Å². The average Bonchev–Trinajstić information content (AvgIpc) is 2.50. The number of benzene rings is 1. The normalized spacial score (nSPS) is 23.9. The minimum atomic E-state index is -1.36. The van der Waals surface area contributed by atoms with Crippen molar-refractivity contribution in [2.75, 3.05) is 6.61 Å². The third kappa shape index (κ3) is 3.46. The molecule has 0 fully saturated rings. The molecule has 5 nitrogen and oxygen atoms in total. The predicted molar refractivity (Wildman–Crippen MR) is 85.3 cm³/mol. The van der Waals surface area contributed by atoms with Crippen LogP contribution in [0.15, 0.2) is 47.6 Å². The van der Waals surface area contributed by atoms with E-state index in [0.29, 0.717) is 17.0 Å². The van der Waals surface area contributed by atoms with Gasteiger partial charge < -0.3 is 15.3 Å². The number of hydrogen-bond acceptors (Lipinski definition) is 3. The molecule has 2 rings (SSSR count). The Bertz CT molecular complexity index is 689. The first-order valence-corrected chi connectivity index (χ1v) is 7.40. The number of carboxylic acids is 2. The summed E-state index contributed by atoms with van der Waals surface area (Å²) in [6, 6.07) is 7.03. The molecule has 0 amide bonds. The van der Waals surface area contributed by atoms with Gasteiger partial charge in [0.25, 0.3) is 0 Å². The molecule has 23 heavy (non-hydrogen) atoms. The molecule has 1 aliphatic carbocycles. The summed E-state index contributed by atoms with van der Waals surface area (Å²) in [5, 5.41) is 29.0. The summed E-state index contributed by atoms with van der Waals surface area (Å²) in [4.78, 5) is 23.1. The molecule has 0 aromatic heterocycles. The van der Waals surface area contributed by atoms with Gasteiger partial charge in [0.15, 0.2) is 0 Å². The van der Waals surface area contributed by atoms with E-state index in [-0.39, 0.29) is 5.57 Å². The van der Waals surface area contributed by atoms with Crippen LogP contribution in [0.25, 0.3) is 0 Å². The lowest BCUT2D eigenvalue weighted by molar-refractivity contribution is -0.145.